The number of anilines is 2. The lowest BCUT2D eigenvalue weighted by atomic mass is 10.2. The first-order valence-electron chi connectivity index (χ1n) is 6.49. The SMILES string of the molecule is CC(C)N1C(=O)CC(=O)N(CC(F)(F)F)c2ccccc21. The van der Waals surface area contributed by atoms with Gasteiger partial charge >= 0.3 is 6.18 Å². The van der Waals surface area contributed by atoms with Crippen molar-refractivity contribution < 1.29 is 22.8 Å². The number of carbonyl (C=O) groups is 2. The molecule has 2 amide bonds. The van der Waals surface area contributed by atoms with Crippen LogP contribution in [0.15, 0.2) is 24.3 Å². The Bertz CT molecular complexity index is 570. The molecule has 1 aliphatic heterocycles. The summed E-state index contributed by atoms with van der Waals surface area (Å²) in [5, 5.41) is 0. The monoisotopic (exact) mass is 300 g/mol. The number of nitrogens with zero attached hydrogens (tertiary/aromatic N) is 2. The Balaban J connectivity index is 2.55. The molecule has 1 heterocycles. The van der Waals surface area contributed by atoms with Crippen LogP contribution in [0.3, 0.4) is 0 Å². The van der Waals surface area contributed by atoms with Gasteiger partial charge < -0.3 is 9.80 Å². The van der Waals surface area contributed by atoms with Crippen molar-refractivity contribution in [1.82, 2.24) is 0 Å². The Morgan fingerprint density at radius 1 is 1.10 bits per heavy atom. The van der Waals surface area contributed by atoms with Gasteiger partial charge in [0.15, 0.2) is 0 Å². The van der Waals surface area contributed by atoms with Crippen molar-refractivity contribution in [2.24, 2.45) is 0 Å². The van der Waals surface area contributed by atoms with Crippen LogP contribution in [0.4, 0.5) is 24.5 Å². The highest BCUT2D eigenvalue weighted by molar-refractivity contribution is 6.15. The minimum Gasteiger partial charge on any atom is -0.307 e. The highest BCUT2D eigenvalue weighted by Crippen LogP contribution is 2.35. The molecule has 7 heteroatoms. The molecule has 21 heavy (non-hydrogen) atoms. The minimum absolute atomic E-state index is 0.111. The summed E-state index contributed by atoms with van der Waals surface area (Å²) in [6.45, 7) is 2.10. The maximum Gasteiger partial charge on any atom is 0.406 e. The smallest absolute Gasteiger partial charge is 0.307 e. The maximum atomic E-state index is 12.7. The van der Waals surface area contributed by atoms with E-state index in [0.29, 0.717) is 10.6 Å². The highest BCUT2D eigenvalue weighted by atomic mass is 19.4. The Kier molecular flexibility index (Phi) is 3.93. The van der Waals surface area contributed by atoms with Crippen molar-refractivity contribution >= 4 is 23.2 Å². The zero-order chi connectivity index (χ0) is 15.8. The number of fused-ring (bicyclic) bond motifs is 1. The average Bonchev–Trinajstić information content (AvgIpc) is 2.44. The molecule has 0 spiro atoms. The van der Waals surface area contributed by atoms with Crippen LogP contribution in [-0.4, -0.2) is 30.6 Å². The lowest BCUT2D eigenvalue weighted by Crippen LogP contribution is -2.39. The van der Waals surface area contributed by atoms with Crippen LogP contribution in [0.5, 0.6) is 0 Å². The lowest BCUT2D eigenvalue weighted by Gasteiger charge is -2.28. The van der Waals surface area contributed by atoms with Gasteiger partial charge in [-0.25, -0.2) is 0 Å². The van der Waals surface area contributed by atoms with Crippen LogP contribution in [0.2, 0.25) is 0 Å². The fourth-order valence-electron chi connectivity index (χ4n) is 2.39. The molecule has 4 nitrogen and oxygen atoms in total. The first-order chi connectivity index (χ1) is 9.70. The lowest BCUT2D eigenvalue weighted by molar-refractivity contribution is -0.134. The Morgan fingerprint density at radius 3 is 2.19 bits per heavy atom. The summed E-state index contributed by atoms with van der Waals surface area (Å²) in [7, 11) is 0. The molecule has 0 unspecified atom stereocenters. The molecule has 0 aromatic heterocycles. The van der Waals surface area contributed by atoms with E-state index in [1.54, 1.807) is 32.0 Å². The number of amides is 2. The normalized spacial score (nSPS) is 16.3. The predicted molar refractivity (Wildman–Crippen MR) is 72.1 cm³/mol. The van der Waals surface area contributed by atoms with Crippen molar-refractivity contribution in [1.29, 1.82) is 0 Å². The summed E-state index contributed by atoms with van der Waals surface area (Å²) in [5.74, 6) is -1.33. The average molecular weight is 300 g/mol. The summed E-state index contributed by atoms with van der Waals surface area (Å²) in [6.07, 6.45) is -5.10. The standard InChI is InChI=1S/C14H15F3N2O2/c1-9(2)19-11-6-4-3-5-10(11)18(8-14(15,16)17)12(20)7-13(19)21/h3-6,9H,7-8H2,1-2H3. The quantitative estimate of drug-likeness (QED) is 0.788. The zero-order valence-corrected chi connectivity index (χ0v) is 11.6. The second-order valence-corrected chi connectivity index (χ2v) is 5.12. The molecule has 1 aliphatic rings. The van der Waals surface area contributed by atoms with E-state index in [0.717, 1.165) is 0 Å². The zero-order valence-electron chi connectivity index (χ0n) is 11.6. The van der Waals surface area contributed by atoms with Crippen LogP contribution >= 0.6 is 0 Å². The molecule has 114 valence electrons. The third kappa shape index (κ3) is 3.17. The fraction of sp³-hybridized carbons (Fsp3) is 0.429. The Labute approximate surface area is 120 Å². The molecule has 2 rings (SSSR count). The van der Waals surface area contributed by atoms with E-state index in [9.17, 15) is 22.8 Å². The van der Waals surface area contributed by atoms with Gasteiger partial charge in [0, 0.05) is 6.04 Å². The molecule has 0 N–H and O–H groups in total. The number of para-hydroxylation sites is 2. The van der Waals surface area contributed by atoms with Crippen LogP contribution in [-0.2, 0) is 9.59 Å². The first kappa shape index (κ1) is 15.3. The Hall–Kier alpha value is -2.05. The van der Waals surface area contributed by atoms with Gasteiger partial charge in [0.1, 0.15) is 13.0 Å². The van der Waals surface area contributed by atoms with Gasteiger partial charge in [-0.3, -0.25) is 9.59 Å². The summed E-state index contributed by atoms with van der Waals surface area (Å²) >= 11 is 0. The summed E-state index contributed by atoms with van der Waals surface area (Å²) in [5.41, 5.74) is 0.437. The molecule has 0 atom stereocenters. The number of carbonyl (C=O) groups excluding carboxylic acids is 2. The van der Waals surface area contributed by atoms with E-state index in [2.05, 4.69) is 0 Å². The highest BCUT2D eigenvalue weighted by Gasteiger charge is 2.39. The van der Waals surface area contributed by atoms with E-state index in [-0.39, 0.29) is 11.7 Å². The third-order valence-electron chi connectivity index (χ3n) is 3.16. The molecule has 0 saturated heterocycles. The molecule has 1 aromatic rings. The molecule has 0 bridgehead atoms. The second kappa shape index (κ2) is 5.38. The van der Waals surface area contributed by atoms with E-state index < -0.39 is 31.0 Å². The molecular weight excluding hydrogens is 285 g/mol. The van der Waals surface area contributed by atoms with Crippen molar-refractivity contribution in [3.63, 3.8) is 0 Å². The van der Waals surface area contributed by atoms with Crippen molar-refractivity contribution in [2.45, 2.75) is 32.5 Å². The molecule has 0 aliphatic carbocycles. The Morgan fingerprint density at radius 2 is 1.67 bits per heavy atom. The van der Waals surface area contributed by atoms with Crippen molar-refractivity contribution in [2.75, 3.05) is 16.3 Å². The summed E-state index contributed by atoms with van der Waals surface area (Å²) in [6, 6.07) is 5.90. The first-order valence-corrected chi connectivity index (χ1v) is 6.49. The number of benzene rings is 1. The van der Waals surface area contributed by atoms with Gasteiger partial charge in [0.25, 0.3) is 0 Å². The molecule has 0 radical (unpaired) electrons. The van der Waals surface area contributed by atoms with Gasteiger partial charge in [-0.1, -0.05) is 12.1 Å². The molecule has 0 saturated carbocycles. The van der Waals surface area contributed by atoms with Gasteiger partial charge in [0.05, 0.1) is 11.4 Å². The van der Waals surface area contributed by atoms with E-state index in [4.69, 9.17) is 0 Å². The van der Waals surface area contributed by atoms with Crippen LogP contribution in [0.25, 0.3) is 0 Å². The number of rotatable bonds is 2. The third-order valence-corrected chi connectivity index (χ3v) is 3.16. The van der Waals surface area contributed by atoms with E-state index in [1.807, 2.05) is 0 Å². The maximum absolute atomic E-state index is 12.7. The molecular formula is C14H15F3N2O2. The van der Waals surface area contributed by atoms with Crippen LogP contribution in [0.1, 0.15) is 20.3 Å². The van der Waals surface area contributed by atoms with E-state index in [1.165, 1.54) is 11.0 Å². The van der Waals surface area contributed by atoms with E-state index >= 15 is 0 Å². The van der Waals surface area contributed by atoms with Crippen molar-refractivity contribution in [3.05, 3.63) is 24.3 Å². The summed E-state index contributed by atoms with van der Waals surface area (Å²) in [4.78, 5) is 26.1. The number of hydrogen-bond donors (Lipinski definition) is 0. The van der Waals surface area contributed by atoms with Gasteiger partial charge in [-0.15, -0.1) is 0 Å². The van der Waals surface area contributed by atoms with Gasteiger partial charge in [-0.2, -0.15) is 13.2 Å². The number of hydrogen-bond acceptors (Lipinski definition) is 2. The largest absolute Gasteiger partial charge is 0.406 e. The second-order valence-electron chi connectivity index (χ2n) is 5.12. The summed E-state index contributed by atoms with van der Waals surface area (Å²) < 4.78 is 38.1. The molecule has 0 fully saturated rings. The minimum atomic E-state index is -4.53. The van der Waals surface area contributed by atoms with Crippen LogP contribution in [0, 0.1) is 0 Å². The van der Waals surface area contributed by atoms with Gasteiger partial charge in [0.2, 0.25) is 11.8 Å². The number of halogens is 3. The fourth-order valence-corrected chi connectivity index (χ4v) is 2.39. The van der Waals surface area contributed by atoms with Crippen molar-refractivity contribution in [3.8, 4) is 0 Å². The topological polar surface area (TPSA) is 40.6 Å². The predicted octanol–water partition coefficient (Wildman–Crippen LogP) is 2.73. The molecule has 1 aromatic carbocycles. The van der Waals surface area contributed by atoms with Gasteiger partial charge in [-0.05, 0) is 26.0 Å². The van der Waals surface area contributed by atoms with Crippen LogP contribution < -0.4 is 9.80 Å². The number of alkyl halides is 3.